The number of nitrogens with zero attached hydrogens (tertiary/aromatic N) is 2. The Balaban J connectivity index is 2.11. The molecule has 0 atom stereocenters. The van der Waals surface area contributed by atoms with Crippen molar-refractivity contribution < 1.29 is 33.9 Å². The molecule has 0 aliphatic heterocycles. The summed E-state index contributed by atoms with van der Waals surface area (Å²) in [4.78, 5) is 48.0. The van der Waals surface area contributed by atoms with Crippen molar-refractivity contribution in [2.45, 2.75) is 33.3 Å². The first kappa shape index (κ1) is 24.2. The maximum Gasteiger partial charge on any atom is 0.412 e. The summed E-state index contributed by atoms with van der Waals surface area (Å²) < 4.78 is 11.7. The van der Waals surface area contributed by atoms with Crippen LogP contribution >= 0.6 is 0 Å². The summed E-state index contributed by atoms with van der Waals surface area (Å²) in [6, 6.07) is 6.58. The quantitative estimate of drug-likeness (QED) is 0.306. The molecule has 0 fully saturated rings. The number of pyridine rings is 1. The summed E-state index contributed by atoms with van der Waals surface area (Å²) in [5.74, 6) is -1.91. The number of benzene rings is 1. The van der Waals surface area contributed by atoms with E-state index in [4.69, 9.17) is 9.47 Å². The lowest BCUT2D eigenvalue weighted by Crippen LogP contribution is -2.27. The minimum absolute atomic E-state index is 0.0622. The molecule has 0 aliphatic carbocycles. The molecule has 0 saturated heterocycles. The highest BCUT2D eigenvalue weighted by atomic mass is 16.6. The molecule has 178 valence electrons. The number of aromatic carboxylic acids is 1. The molecule has 1 amide bonds. The van der Waals surface area contributed by atoms with Crippen LogP contribution in [-0.4, -0.2) is 45.0 Å². The van der Waals surface area contributed by atoms with Crippen LogP contribution in [0.25, 0.3) is 5.52 Å². The number of fused-ring (bicyclic) bond motifs is 1. The van der Waals surface area contributed by atoms with Crippen molar-refractivity contribution in [1.29, 1.82) is 0 Å². The second kappa shape index (κ2) is 8.85. The molecule has 2 heterocycles. The van der Waals surface area contributed by atoms with Gasteiger partial charge in [-0.05, 0) is 57.5 Å². The molecule has 0 unspecified atom stereocenters. The number of hydrogen-bond donors (Lipinski definition) is 2. The standard InChI is InChI=1S/C23H23N3O8/c1-12-18(21(28)29)16-11-14(24-22(30)34-23(2,3)4)8-9-25(16)19(12)20(27)13-6-7-15(26(31)32)17(10-13)33-5/h6-11H,1-5H3,(H,24,30)(H,28,29). The van der Waals surface area contributed by atoms with Crippen molar-refractivity contribution in [3.8, 4) is 5.75 Å². The molecule has 2 aromatic heterocycles. The van der Waals surface area contributed by atoms with Crippen LogP contribution in [-0.2, 0) is 4.74 Å². The van der Waals surface area contributed by atoms with Gasteiger partial charge in [-0.1, -0.05) is 0 Å². The second-order valence-electron chi connectivity index (χ2n) is 8.42. The van der Waals surface area contributed by atoms with Crippen LogP contribution < -0.4 is 10.1 Å². The highest BCUT2D eigenvalue weighted by molar-refractivity contribution is 6.13. The van der Waals surface area contributed by atoms with E-state index in [1.807, 2.05) is 0 Å². The van der Waals surface area contributed by atoms with Crippen LogP contribution in [0.3, 0.4) is 0 Å². The number of anilines is 1. The van der Waals surface area contributed by atoms with Gasteiger partial charge >= 0.3 is 17.7 Å². The van der Waals surface area contributed by atoms with Crippen LogP contribution in [0.15, 0.2) is 36.5 Å². The number of ether oxygens (including phenoxy) is 2. The van der Waals surface area contributed by atoms with Crippen LogP contribution in [0.4, 0.5) is 16.2 Å². The minimum Gasteiger partial charge on any atom is -0.490 e. The Kier molecular flexibility index (Phi) is 6.31. The van der Waals surface area contributed by atoms with Gasteiger partial charge in [0.2, 0.25) is 5.78 Å². The van der Waals surface area contributed by atoms with E-state index in [0.717, 1.165) is 6.07 Å². The van der Waals surface area contributed by atoms with E-state index < -0.39 is 28.4 Å². The Hall–Kier alpha value is -4.41. The summed E-state index contributed by atoms with van der Waals surface area (Å²) >= 11 is 0. The first-order chi connectivity index (χ1) is 15.8. The van der Waals surface area contributed by atoms with Crippen LogP contribution in [0.2, 0.25) is 0 Å². The fourth-order valence-electron chi connectivity index (χ4n) is 3.53. The monoisotopic (exact) mass is 469 g/mol. The van der Waals surface area contributed by atoms with E-state index >= 15 is 0 Å². The predicted octanol–water partition coefficient (Wildman–Crippen LogP) is 4.44. The number of hydrogen-bond acceptors (Lipinski definition) is 7. The Labute approximate surface area is 194 Å². The fraction of sp³-hybridized carbons (Fsp3) is 0.261. The zero-order chi connectivity index (χ0) is 25.4. The highest BCUT2D eigenvalue weighted by Gasteiger charge is 2.27. The van der Waals surface area contributed by atoms with Gasteiger partial charge in [0.15, 0.2) is 5.75 Å². The first-order valence-corrected chi connectivity index (χ1v) is 10.1. The summed E-state index contributed by atoms with van der Waals surface area (Å²) in [7, 11) is 1.25. The van der Waals surface area contributed by atoms with Crippen molar-refractivity contribution in [3.05, 3.63) is 69.0 Å². The molecule has 1 aromatic carbocycles. The number of methoxy groups -OCH3 is 1. The maximum atomic E-state index is 13.4. The number of carbonyl (C=O) groups is 3. The third-order valence-corrected chi connectivity index (χ3v) is 4.90. The molecule has 34 heavy (non-hydrogen) atoms. The van der Waals surface area contributed by atoms with Gasteiger partial charge in [-0.3, -0.25) is 20.2 Å². The average molecular weight is 469 g/mol. The van der Waals surface area contributed by atoms with Gasteiger partial charge < -0.3 is 19.0 Å². The van der Waals surface area contributed by atoms with Gasteiger partial charge in [0.05, 0.1) is 28.8 Å². The van der Waals surface area contributed by atoms with E-state index in [2.05, 4.69) is 5.32 Å². The lowest BCUT2D eigenvalue weighted by Gasteiger charge is -2.19. The molecule has 11 nitrogen and oxygen atoms in total. The van der Waals surface area contributed by atoms with Gasteiger partial charge in [0, 0.05) is 23.5 Å². The lowest BCUT2D eigenvalue weighted by molar-refractivity contribution is -0.385. The van der Waals surface area contributed by atoms with Crippen LogP contribution in [0.5, 0.6) is 5.75 Å². The van der Waals surface area contributed by atoms with Gasteiger partial charge in [0.25, 0.3) is 0 Å². The van der Waals surface area contributed by atoms with Crippen molar-refractivity contribution in [2.75, 3.05) is 12.4 Å². The van der Waals surface area contributed by atoms with Crippen LogP contribution in [0.1, 0.15) is 52.7 Å². The van der Waals surface area contributed by atoms with E-state index in [9.17, 15) is 29.6 Å². The van der Waals surface area contributed by atoms with E-state index in [0.29, 0.717) is 0 Å². The maximum absolute atomic E-state index is 13.4. The number of nitrogens with one attached hydrogen (secondary N) is 1. The van der Waals surface area contributed by atoms with E-state index in [1.165, 1.54) is 48.9 Å². The first-order valence-electron chi connectivity index (χ1n) is 10.1. The molecule has 2 N–H and O–H groups in total. The Morgan fingerprint density at radius 2 is 1.82 bits per heavy atom. The van der Waals surface area contributed by atoms with Gasteiger partial charge in [-0.2, -0.15) is 0 Å². The third kappa shape index (κ3) is 4.68. The number of ketones is 1. The largest absolute Gasteiger partial charge is 0.490 e. The summed E-state index contributed by atoms with van der Waals surface area (Å²) in [5.41, 5.74) is -0.357. The zero-order valence-electron chi connectivity index (χ0n) is 19.2. The molecular formula is C23H23N3O8. The van der Waals surface area contributed by atoms with Gasteiger partial charge in [-0.15, -0.1) is 0 Å². The topological polar surface area (TPSA) is 149 Å². The van der Waals surface area contributed by atoms with E-state index in [1.54, 1.807) is 20.8 Å². The third-order valence-electron chi connectivity index (χ3n) is 4.90. The molecule has 0 spiro atoms. The van der Waals surface area contributed by atoms with Crippen molar-refractivity contribution in [2.24, 2.45) is 0 Å². The normalized spacial score (nSPS) is 11.2. The number of amides is 1. The Morgan fingerprint density at radius 3 is 2.38 bits per heavy atom. The number of nitro benzene ring substituents is 1. The predicted molar refractivity (Wildman–Crippen MR) is 122 cm³/mol. The molecule has 3 rings (SSSR count). The minimum atomic E-state index is -1.26. The molecule has 0 aliphatic rings. The summed E-state index contributed by atoms with van der Waals surface area (Å²) in [6.45, 7) is 6.62. The SMILES string of the molecule is COc1cc(C(=O)c2c(C)c(C(=O)O)c3cc(NC(=O)OC(C)(C)C)ccn23)ccc1[N+](=O)[O-]. The fourth-order valence-corrected chi connectivity index (χ4v) is 3.53. The van der Waals surface area contributed by atoms with Crippen LogP contribution in [0, 0.1) is 17.0 Å². The number of aromatic nitrogens is 1. The summed E-state index contributed by atoms with van der Waals surface area (Å²) in [5, 5.41) is 23.5. The van der Waals surface area contributed by atoms with Gasteiger partial charge in [-0.25, -0.2) is 9.59 Å². The number of carboxylic acids is 1. The number of nitro groups is 1. The number of carboxylic acid groups (broad SMARTS) is 1. The number of rotatable bonds is 6. The van der Waals surface area contributed by atoms with Crippen molar-refractivity contribution in [1.82, 2.24) is 4.40 Å². The molecule has 11 heteroatoms. The molecule has 3 aromatic rings. The van der Waals surface area contributed by atoms with Gasteiger partial charge in [0.1, 0.15) is 5.60 Å². The van der Waals surface area contributed by atoms with Crippen molar-refractivity contribution in [3.63, 3.8) is 0 Å². The molecule has 0 radical (unpaired) electrons. The smallest absolute Gasteiger partial charge is 0.412 e. The lowest BCUT2D eigenvalue weighted by atomic mass is 10.0. The Bertz CT molecular complexity index is 1330. The molecule has 0 bridgehead atoms. The molecular weight excluding hydrogens is 446 g/mol. The van der Waals surface area contributed by atoms with E-state index in [-0.39, 0.29) is 45.0 Å². The second-order valence-corrected chi connectivity index (χ2v) is 8.42. The zero-order valence-corrected chi connectivity index (χ0v) is 19.2. The summed E-state index contributed by atoms with van der Waals surface area (Å²) in [6.07, 6.45) is 0.739. The Morgan fingerprint density at radius 1 is 1.15 bits per heavy atom. The molecule has 0 saturated carbocycles. The highest BCUT2D eigenvalue weighted by Crippen LogP contribution is 2.31. The number of carbonyl (C=O) groups excluding carboxylic acids is 2. The average Bonchev–Trinajstić information content (AvgIpc) is 3.02. The van der Waals surface area contributed by atoms with Crippen molar-refractivity contribution >= 4 is 34.7 Å².